The molecule has 1 aromatic carbocycles. The van der Waals surface area contributed by atoms with Gasteiger partial charge in [0, 0.05) is 16.5 Å². The molecule has 1 amide bonds. The van der Waals surface area contributed by atoms with E-state index in [4.69, 9.17) is 17.3 Å². The molecule has 0 radical (unpaired) electrons. The van der Waals surface area contributed by atoms with Crippen LogP contribution in [-0.4, -0.2) is 80.4 Å². The van der Waals surface area contributed by atoms with Gasteiger partial charge in [-0.15, -0.1) is 0 Å². The van der Waals surface area contributed by atoms with Gasteiger partial charge in [-0.3, -0.25) is 24.1 Å². The Kier molecular flexibility index (Phi) is 5.06. The van der Waals surface area contributed by atoms with E-state index >= 15 is 0 Å². The van der Waals surface area contributed by atoms with Crippen molar-refractivity contribution in [2.24, 2.45) is 23.5 Å². The van der Waals surface area contributed by atoms with Gasteiger partial charge in [0.05, 0.1) is 29.2 Å². The maximum atomic E-state index is 13.6. The largest absolute Gasteiger partial charge is 0.507 e. The number of rotatable bonds is 2. The Labute approximate surface area is 192 Å². The number of nitrogens with two attached hydrogens (primary N) is 1. The highest BCUT2D eigenvalue weighted by Crippen LogP contribution is 2.55. The van der Waals surface area contributed by atoms with Gasteiger partial charge in [-0.1, -0.05) is 18.2 Å². The predicted octanol–water partition coefficient (Wildman–Crippen LogP) is -0.568. The van der Waals surface area contributed by atoms with E-state index in [1.807, 2.05) is 0 Å². The lowest BCUT2D eigenvalue weighted by Crippen LogP contribution is -2.75. The maximum Gasteiger partial charge on any atom is 0.235 e. The number of ketones is 3. The number of halogens is 1. The van der Waals surface area contributed by atoms with Gasteiger partial charge in [0.25, 0.3) is 0 Å². The van der Waals surface area contributed by atoms with Crippen molar-refractivity contribution < 1.29 is 39.6 Å². The Morgan fingerprint density at radius 1 is 1.18 bits per heavy atom. The van der Waals surface area contributed by atoms with E-state index in [2.05, 4.69) is 6.58 Å². The van der Waals surface area contributed by atoms with Crippen LogP contribution in [0.1, 0.15) is 11.1 Å². The fraction of sp³-hybridized carbons (Fsp3) is 0.364. The van der Waals surface area contributed by atoms with Crippen molar-refractivity contribution >= 4 is 46.2 Å². The van der Waals surface area contributed by atoms with E-state index in [9.17, 15) is 39.6 Å². The van der Waals surface area contributed by atoms with Crippen molar-refractivity contribution in [1.82, 2.24) is 4.90 Å². The lowest BCUT2D eigenvalue weighted by atomic mass is 9.53. The summed E-state index contributed by atoms with van der Waals surface area (Å²) < 4.78 is 0. The van der Waals surface area contributed by atoms with E-state index in [1.54, 1.807) is 0 Å². The number of hydrogen-bond donors (Lipinski definition) is 5. The van der Waals surface area contributed by atoms with Crippen LogP contribution < -0.4 is 5.73 Å². The normalized spacial score (nSPS) is 33.7. The van der Waals surface area contributed by atoms with Crippen molar-refractivity contribution in [2.45, 2.75) is 17.7 Å². The number of likely N-dealkylation sites (N-methyl/N-ethyl adjacent to an activating group) is 1. The Morgan fingerprint density at radius 3 is 2.33 bits per heavy atom. The predicted molar refractivity (Wildman–Crippen MR) is 115 cm³/mol. The number of fused-ring (bicyclic) bond motifs is 3. The summed E-state index contributed by atoms with van der Waals surface area (Å²) in [5.74, 6) is -11.6. The maximum absolute atomic E-state index is 13.6. The third kappa shape index (κ3) is 2.72. The van der Waals surface area contributed by atoms with E-state index in [-0.39, 0.29) is 21.7 Å². The first-order valence-electron chi connectivity index (χ1n) is 9.91. The summed E-state index contributed by atoms with van der Waals surface area (Å²) in [4.78, 5) is 53.1. The summed E-state index contributed by atoms with van der Waals surface area (Å²) in [5.41, 5.74) is 1.47. The first kappa shape index (κ1) is 23.1. The summed E-state index contributed by atoms with van der Waals surface area (Å²) in [6, 6.07) is 1.06. The SMILES string of the molecule is C=C1c2c(Cl)ccc(O)c2C(O)=C2C(=O)[C@]3(O)C(=O)C(C(N)=O)C(=O)[C@@H](N(C)C)[C@@H]3[C@@H](O)[C@H]12. The van der Waals surface area contributed by atoms with Crippen LogP contribution in [0.3, 0.4) is 0 Å². The number of amides is 1. The van der Waals surface area contributed by atoms with E-state index < -0.39 is 75.8 Å². The van der Waals surface area contributed by atoms with Crippen LogP contribution in [0.2, 0.25) is 5.02 Å². The fourth-order valence-corrected chi connectivity index (χ4v) is 5.68. The Hall–Kier alpha value is -3.05. The number of carbonyl (C=O) groups excluding carboxylic acids is 4. The highest BCUT2D eigenvalue weighted by molar-refractivity contribution is 6.35. The quantitative estimate of drug-likeness (QED) is 0.349. The molecule has 2 saturated carbocycles. The summed E-state index contributed by atoms with van der Waals surface area (Å²) >= 11 is 6.24. The molecule has 1 unspecified atom stereocenters. The molecule has 2 fully saturated rings. The summed E-state index contributed by atoms with van der Waals surface area (Å²) in [6.45, 7) is 3.88. The molecule has 6 atom stereocenters. The number of phenols is 1. The van der Waals surface area contributed by atoms with Gasteiger partial charge in [-0.2, -0.15) is 0 Å². The lowest BCUT2D eigenvalue weighted by molar-refractivity contribution is -0.185. The third-order valence-corrected chi connectivity index (χ3v) is 7.12. The minimum atomic E-state index is -3.05. The Balaban J connectivity index is 2.05. The van der Waals surface area contributed by atoms with Gasteiger partial charge < -0.3 is 26.2 Å². The molecule has 11 heteroatoms. The molecule has 0 bridgehead atoms. The average molecular weight is 477 g/mol. The third-order valence-electron chi connectivity index (χ3n) is 6.81. The number of phenolic OH excluding ortho intramolecular Hbond substituents is 1. The van der Waals surface area contributed by atoms with Crippen molar-refractivity contribution in [3.63, 3.8) is 0 Å². The Bertz CT molecular complexity index is 1210. The van der Waals surface area contributed by atoms with Crippen LogP contribution in [-0.2, 0) is 19.2 Å². The molecule has 0 heterocycles. The van der Waals surface area contributed by atoms with Crippen LogP contribution in [0.15, 0.2) is 24.3 Å². The lowest BCUT2D eigenvalue weighted by Gasteiger charge is -2.53. The molecule has 10 nitrogen and oxygen atoms in total. The molecular weight excluding hydrogens is 456 g/mol. The molecule has 0 aromatic heterocycles. The van der Waals surface area contributed by atoms with Crippen molar-refractivity contribution in [2.75, 3.05) is 14.1 Å². The standard InChI is InChI=1S/C22H21ClN2O8/c1-6-9-7(23)4-5-8(26)11(9)16(27)12-10(6)17(28)14-15(25(2)3)18(29)13(21(24)32)20(31)22(14,33)19(12)30/h4-5,10,13-15,17,26-28,33H,1H2,2-3H3,(H2,24,32)/t10-,13?,14-,15+,17+,22+/m1/s1. The number of aromatic hydroxyl groups is 1. The zero-order valence-electron chi connectivity index (χ0n) is 17.6. The van der Waals surface area contributed by atoms with E-state index in [1.165, 1.54) is 31.1 Å². The number of primary amides is 1. The number of carbonyl (C=O) groups is 4. The van der Waals surface area contributed by atoms with Gasteiger partial charge in [0.2, 0.25) is 11.7 Å². The topological polar surface area (TPSA) is 178 Å². The van der Waals surface area contributed by atoms with Crippen LogP contribution in [0.5, 0.6) is 5.75 Å². The second-order valence-electron chi connectivity index (χ2n) is 8.70. The molecule has 0 aliphatic heterocycles. The average Bonchev–Trinajstić information content (AvgIpc) is 2.72. The van der Waals surface area contributed by atoms with Gasteiger partial charge >= 0.3 is 0 Å². The van der Waals surface area contributed by atoms with Crippen molar-refractivity contribution in [3.8, 4) is 5.75 Å². The van der Waals surface area contributed by atoms with E-state index in [0.717, 1.165) is 0 Å². The minimum absolute atomic E-state index is 0.0380. The zero-order chi connectivity index (χ0) is 24.7. The van der Waals surface area contributed by atoms with Gasteiger partial charge in [0.1, 0.15) is 11.5 Å². The number of nitrogens with zero attached hydrogens (tertiary/aromatic N) is 1. The Morgan fingerprint density at radius 2 is 1.79 bits per heavy atom. The summed E-state index contributed by atoms with van der Waals surface area (Å²) in [6.07, 6.45) is -1.78. The highest BCUT2D eigenvalue weighted by atomic mass is 35.5. The molecule has 3 aliphatic rings. The van der Waals surface area contributed by atoms with Crippen LogP contribution in [0, 0.1) is 17.8 Å². The first-order valence-corrected chi connectivity index (χ1v) is 10.3. The number of aliphatic hydroxyl groups is 3. The molecule has 1 aromatic rings. The zero-order valence-corrected chi connectivity index (χ0v) is 18.3. The van der Waals surface area contributed by atoms with Crippen LogP contribution in [0.25, 0.3) is 11.3 Å². The smallest absolute Gasteiger partial charge is 0.235 e. The van der Waals surface area contributed by atoms with Gasteiger partial charge in [-0.05, 0) is 31.8 Å². The fourth-order valence-electron chi connectivity index (χ4n) is 5.40. The summed E-state index contributed by atoms with van der Waals surface area (Å²) in [7, 11) is 2.83. The van der Waals surface area contributed by atoms with Crippen molar-refractivity contribution in [3.05, 3.63) is 40.4 Å². The van der Waals surface area contributed by atoms with E-state index in [0.29, 0.717) is 0 Å². The number of benzene rings is 1. The number of Topliss-reactive ketones (excluding diaryl/α,β-unsaturated/α-hetero) is 3. The molecule has 3 aliphatic carbocycles. The second kappa shape index (κ2) is 7.22. The minimum Gasteiger partial charge on any atom is -0.507 e. The molecule has 4 rings (SSSR count). The molecular formula is C22H21ClN2O8. The molecule has 0 spiro atoms. The van der Waals surface area contributed by atoms with Crippen LogP contribution in [0.4, 0.5) is 0 Å². The number of hydrogen-bond acceptors (Lipinski definition) is 9. The van der Waals surface area contributed by atoms with Crippen LogP contribution >= 0.6 is 11.6 Å². The first-order chi connectivity index (χ1) is 15.3. The summed E-state index contributed by atoms with van der Waals surface area (Å²) in [5, 5.41) is 44.2. The van der Waals surface area contributed by atoms with Gasteiger partial charge in [0.15, 0.2) is 23.1 Å². The molecule has 6 N–H and O–H groups in total. The second-order valence-corrected chi connectivity index (χ2v) is 9.11. The monoisotopic (exact) mass is 476 g/mol. The molecule has 174 valence electrons. The van der Waals surface area contributed by atoms with Crippen molar-refractivity contribution in [1.29, 1.82) is 0 Å². The number of aliphatic hydroxyl groups excluding tert-OH is 2. The van der Waals surface area contributed by atoms with Gasteiger partial charge in [-0.25, -0.2) is 0 Å². The molecule has 33 heavy (non-hydrogen) atoms. The highest BCUT2D eigenvalue weighted by Gasteiger charge is 2.71. The molecule has 0 saturated heterocycles.